The standard InChI is InChI=1S/C17H18ClN3O3/c1-24-15-7-6-11(8-13(15)18)20-16(22)9-21-10-19-14-5-3-2-4-12(14)17(21)23/h6-8,10H,2-5,9H2,1H3,(H,20,22). The molecule has 0 atom stereocenters. The molecule has 0 fully saturated rings. The van der Waals surface area contributed by atoms with Gasteiger partial charge in [0.2, 0.25) is 5.91 Å². The van der Waals surface area contributed by atoms with Crippen molar-refractivity contribution in [3.63, 3.8) is 0 Å². The molecule has 2 aromatic rings. The van der Waals surface area contributed by atoms with Crippen LogP contribution in [-0.2, 0) is 24.2 Å². The second kappa shape index (κ2) is 7.05. The van der Waals surface area contributed by atoms with Gasteiger partial charge < -0.3 is 10.1 Å². The lowest BCUT2D eigenvalue weighted by Crippen LogP contribution is -2.32. The molecule has 3 rings (SSSR count). The summed E-state index contributed by atoms with van der Waals surface area (Å²) in [6, 6.07) is 4.97. The Morgan fingerprint density at radius 1 is 1.38 bits per heavy atom. The highest BCUT2D eigenvalue weighted by molar-refractivity contribution is 6.32. The number of halogens is 1. The van der Waals surface area contributed by atoms with Gasteiger partial charge in [-0.2, -0.15) is 0 Å². The van der Waals surface area contributed by atoms with Crippen LogP contribution in [0.15, 0.2) is 29.3 Å². The predicted molar refractivity (Wildman–Crippen MR) is 91.8 cm³/mol. The van der Waals surface area contributed by atoms with Crippen molar-refractivity contribution in [2.24, 2.45) is 0 Å². The average molecular weight is 348 g/mol. The summed E-state index contributed by atoms with van der Waals surface area (Å²) < 4.78 is 6.42. The van der Waals surface area contributed by atoms with Gasteiger partial charge in [0.05, 0.1) is 24.2 Å². The van der Waals surface area contributed by atoms with Crippen molar-refractivity contribution in [3.8, 4) is 5.75 Å². The van der Waals surface area contributed by atoms with Gasteiger partial charge >= 0.3 is 0 Å². The first kappa shape index (κ1) is 16.5. The molecule has 24 heavy (non-hydrogen) atoms. The SMILES string of the molecule is COc1ccc(NC(=O)Cn2cnc3c(c2=O)CCCC3)cc1Cl. The van der Waals surface area contributed by atoms with Crippen molar-refractivity contribution < 1.29 is 9.53 Å². The van der Waals surface area contributed by atoms with E-state index in [1.54, 1.807) is 18.2 Å². The van der Waals surface area contributed by atoms with Crippen molar-refractivity contribution in [2.75, 3.05) is 12.4 Å². The maximum absolute atomic E-state index is 12.4. The van der Waals surface area contributed by atoms with Crippen LogP contribution in [0, 0.1) is 0 Å². The molecule has 0 bridgehead atoms. The van der Waals surface area contributed by atoms with E-state index in [-0.39, 0.29) is 18.0 Å². The smallest absolute Gasteiger partial charge is 0.257 e. The van der Waals surface area contributed by atoms with Crippen LogP contribution in [0.25, 0.3) is 0 Å². The minimum absolute atomic E-state index is 0.0806. The van der Waals surface area contributed by atoms with Crippen LogP contribution in [-0.4, -0.2) is 22.6 Å². The van der Waals surface area contributed by atoms with Crippen LogP contribution >= 0.6 is 11.6 Å². The molecule has 1 aliphatic carbocycles. The quantitative estimate of drug-likeness (QED) is 0.921. The average Bonchev–Trinajstić information content (AvgIpc) is 2.58. The molecule has 126 valence electrons. The minimum Gasteiger partial charge on any atom is -0.495 e. The van der Waals surface area contributed by atoms with Crippen LogP contribution in [0.3, 0.4) is 0 Å². The highest BCUT2D eigenvalue weighted by Gasteiger charge is 2.16. The molecule has 0 aliphatic heterocycles. The Bertz CT molecular complexity index is 832. The number of aromatic nitrogens is 2. The number of carbonyl (C=O) groups excluding carboxylic acids is 1. The van der Waals surface area contributed by atoms with Gasteiger partial charge in [-0.3, -0.25) is 14.2 Å². The number of methoxy groups -OCH3 is 1. The number of rotatable bonds is 4. The Balaban J connectivity index is 1.73. The molecule has 1 amide bonds. The predicted octanol–water partition coefficient (Wildman–Crippen LogP) is 2.42. The Morgan fingerprint density at radius 3 is 2.92 bits per heavy atom. The lowest BCUT2D eigenvalue weighted by atomic mass is 9.97. The van der Waals surface area contributed by atoms with E-state index in [0.717, 1.165) is 36.9 Å². The number of benzene rings is 1. The van der Waals surface area contributed by atoms with Crippen molar-refractivity contribution in [1.29, 1.82) is 0 Å². The van der Waals surface area contributed by atoms with Crippen molar-refractivity contribution in [1.82, 2.24) is 9.55 Å². The summed E-state index contributed by atoms with van der Waals surface area (Å²) in [6.07, 6.45) is 5.07. The van der Waals surface area contributed by atoms with E-state index >= 15 is 0 Å². The number of amides is 1. The molecule has 1 aliphatic rings. The van der Waals surface area contributed by atoms with Crippen molar-refractivity contribution in [3.05, 3.63) is 51.2 Å². The lowest BCUT2D eigenvalue weighted by Gasteiger charge is -2.15. The van der Waals surface area contributed by atoms with E-state index < -0.39 is 0 Å². The van der Waals surface area contributed by atoms with Gasteiger partial charge in [0.25, 0.3) is 5.56 Å². The Hall–Kier alpha value is -2.34. The summed E-state index contributed by atoms with van der Waals surface area (Å²) in [5.41, 5.74) is 2.03. The second-order valence-electron chi connectivity index (χ2n) is 5.71. The van der Waals surface area contributed by atoms with Crippen LogP contribution < -0.4 is 15.6 Å². The first-order valence-corrected chi connectivity index (χ1v) is 8.17. The van der Waals surface area contributed by atoms with Gasteiger partial charge in [0.15, 0.2) is 0 Å². The molecule has 0 spiro atoms. The zero-order valence-electron chi connectivity index (χ0n) is 13.3. The van der Waals surface area contributed by atoms with Gasteiger partial charge in [-0.25, -0.2) is 4.98 Å². The zero-order valence-corrected chi connectivity index (χ0v) is 14.1. The van der Waals surface area contributed by atoms with Crippen LogP contribution in [0.4, 0.5) is 5.69 Å². The normalized spacial score (nSPS) is 13.2. The number of hydrogen-bond donors (Lipinski definition) is 1. The Labute approximate surface area is 144 Å². The van der Waals surface area contributed by atoms with E-state index in [0.29, 0.717) is 16.5 Å². The molecule has 0 saturated heterocycles. The summed E-state index contributed by atoms with van der Waals surface area (Å²) in [4.78, 5) is 29.0. The second-order valence-corrected chi connectivity index (χ2v) is 6.11. The maximum atomic E-state index is 12.4. The number of carbonyl (C=O) groups is 1. The molecule has 1 N–H and O–H groups in total. The van der Waals surface area contributed by atoms with Crippen LogP contribution in [0.2, 0.25) is 5.02 Å². The molecule has 7 heteroatoms. The van der Waals surface area contributed by atoms with Gasteiger partial charge in [0, 0.05) is 11.3 Å². The Morgan fingerprint density at radius 2 is 2.17 bits per heavy atom. The molecule has 1 heterocycles. The topological polar surface area (TPSA) is 73.2 Å². The lowest BCUT2D eigenvalue weighted by molar-refractivity contribution is -0.116. The molecular formula is C17H18ClN3O3. The Kier molecular flexibility index (Phi) is 4.85. The van der Waals surface area contributed by atoms with E-state index in [1.165, 1.54) is 18.0 Å². The van der Waals surface area contributed by atoms with E-state index in [1.807, 2.05) is 0 Å². The van der Waals surface area contributed by atoms with E-state index in [2.05, 4.69) is 10.3 Å². The number of nitrogens with one attached hydrogen (secondary N) is 1. The minimum atomic E-state index is -0.309. The van der Waals surface area contributed by atoms with Crippen molar-refractivity contribution >= 4 is 23.2 Å². The first-order chi connectivity index (χ1) is 11.6. The van der Waals surface area contributed by atoms with E-state index in [4.69, 9.17) is 16.3 Å². The fourth-order valence-electron chi connectivity index (χ4n) is 2.84. The third-order valence-corrected chi connectivity index (χ3v) is 4.36. The summed E-state index contributed by atoms with van der Waals surface area (Å²) in [5.74, 6) is 0.223. The monoisotopic (exact) mass is 347 g/mol. The number of ether oxygens (including phenoxy) is 1. The van der Waals surface area contributed by atoms with Crippen LogP contribution in [0.5, 0.6) is 5.75 Å². The molecule has 0 unspecified atom stereocenters. The fraction of sp³-hybridized carbons (Fsp3) is 0.353. The molecule has 0 radical (unpaired) electrons. The van der Waals surface area contributed by atoms with Gasteiger partial charge in [0.1, 0.15) is 12.3 Å². The largest absolute Gasteiger partial charge is 0.495 e. The third-order valence-electron chi connectivity index (χ3n) is 4.06. The number of hydrogen-bond acceptors (Lipinski definition) is 4. The summed E-state index contributed by atoms with van der Waals surface area (Å²) in [6.45, 7) is -0.0806. The summed E-state index contributed by atoms with van der Waals surface area (Å²) in [7, 11) is 1.52. The number of fused-ring (bicyclic) bond motifs is 1. The molecule has 1 aromatic heterocycles. The highest BCUT2D eigenvalue weighted by atomic mass is 35.5. The number of aryl methyl sites for hydroxylation is 1. The van der Waals surface area contributed by atoms with Gasteiger partial charge in [-0.05, 0) is 43.9 Å². The number of nitrogens with zero attached hydrogens (tertiary/aromatic N) is 2. The first-order valence-electron chi connectivity index (χ1n) is 7.79. The van der Waals surface area contributed by atoms with Crippen molar-refractivity contribution in [2.45, 2.75) is 32.2 Å². The number of anilines is 1. The third kappa shape index (κ3) is 3.43. The fourth-order valence-corrected chi connectivity index (χ4v) is 3.10. The molecule has 0 saturated carbocycles. The molecule has 1 aromatic carbocycles. The molecule has 6 nitrogen and oxygen atoms in total. The van der Waals surface area contributed by atoms with Gasteiger partial charge in [-0.1, -0.05) is 11.6 Å². The summed E-state index contributed by atoms with van der Waals surface area (Å²) >= 11 is 6.04. The zero-order chi connectivity index (χ0) is 17.1. The van der Waals surface area contributed by atoms with E-state index in [9.17, 15) is 9.59 Å². The highest BCUT2D eigenvalue weighted by Crippen LogP contribution is 2.27. The molecular weight excluding hydrogens is 330 g/mol. The summed E-state index contributed by atoms with van der Waals surface area (Å²) in [5, 5.41) is 3.13. The van der Waals surface area contributed by atoms with Crippen LogP contribution in [0.1, 0.15) is 24.1 Å². The maximum Gasteiger partial charge on any atom is 0.257 e. The van der Waals surface area contributed by atoms with Gasteiger partial charge in [-0.15, -0.1) is 0 Å².